The van der Waals surface area contributed by atoms with E-state index in [4.69, 9.17) is 4.43 Å². The van der Waals surface area contributed by atoms with E-state index in [0.29, 0.717) is 6.61 Å². The number of carbonyl (C=O) groups excluding carboxylic acids is 1. The molecule has 1 aromatic carbocycles. The number of fused-ring (bicyclic) bond motifs is 1. The fourth-order valence-corrected chi connectivity index (χ4v) is 4.43. The van der Waals surface area contributed by atoms with Crippen molar-refractivity contribution in [3.05, 3.63) is 54.2 Å². The van der Waals surface area contributed by atoms with Crippen LogP contribution in [-0.4, -0.2) is 35.0 Å². The van der Waals surface area contributed by atoms with Gasteiger partial charge in [0.25, 0.3) is 0 Å². The minimum absolute atomic E-state index is 0.0128. The predicted octanol–water partition coefficient (Wildman–Crippen LogP) is 4.16. The van der Waals surface area contributed by atoms with Crippen LogP contribution in [0.3, 0.4) is 0 Å². The number of para-hydroxylation sites is 1. The lowest BCUT2D eigenvalue weighted by atomic mass is 10.2. The maximum Gasteiger partial charge on any atom is 0.192 e. The first kappa shape index (κ1) is 22.3. The standard InChI is InChI=1S/C23H33N3O3Si/c1-17-13-25(21-10-8-7-9-19(17)21)12-11-18(15-29-30(5,6)23(2,3)4)26-14-20(22(27)28)24-16-26/h7-10,13-14,16,18H,11-12,15H2,1-6H3,(H,27,28)/p-1/t18-/m1/s1. The van der Waals surface area contributed by atoms with Crippen molar-refractivity contribution in [1.82, 2.24) is 14.1 Å². The topological polar surface area (TPSA) is 72.1 Å². The van der Waals surface area contributed by atoms with E-state index in [1.807, 2.05) is 4.57 Å². The third-order valence-electron chi connectivity index (χ3n) is 6.37. The molecule has 0 amide bonds. The second-order valence-electron chi connectivity index (χ2n) is 9.53. The van der Waals surface area contributed by atoms with Crippen molar-refractivity contribution in [2.24, 2.45) is 0 Å². The van der Waals surface area contributed by atoms with E-state index in [1.54, 1.807) is 12.5 Å². The van der Waals surface area contributed by atoms with Crippen LogP contribution in [0.4, 0.5) is 0 Å². The van der Waals surface area contributed by atoms with E-state index in [2.05, 4.69) is 80.8 Å². The molecule has 1 atom stereocenters. The van der Waals surface area contributed by atoms with Gasteiger partial charge in [-0.3, -0.25) is 0 Å². The minimum atomic E-state index is -1.93. The molecule has 3 rings (SSSR count). The minimum Gasteiger partial charge on any atom is -0.543 e. The van der Waals surface area contributed by atoms with Crippen LogP contribution >= 0.6 is 0 Å². The second kappa shape index (κ2) is 8.39. The average molecular weight is 427 g/mol. The fourth-order valence-electron chi connectivity index (χ4n) is 3.38. The Morgan fingerprint density at radius 1 is 1.23 bits per heavy atom. The summed E-state index contributed by atoms with van der Waals surface area (Å²) in [7, 11) is -1.93. The zero-order valence-electron chi connectivity index (χ0n) is 18.8. The lowest BCUT2D eigenvalue weighted by Gasteiger charge is -2.37. The molecule has 0 unspecified atom stereocenters. The number of benzene rings is 1. The van der Waals surface area contributed by atoms with Crippen molar-refractivity contribution >= 4 is 25.2 Å². The Bertz CT molecular complexity index is 1030. The molecule has 0 aliphatic carbocycles. The maximum absolute atomic E-state index is 11.2. The van der Waals surface area contributed by atoms with Gasteiger partial charge >= 0.3 is 0 Å². The average Bonchev–Trinajstić information content (AvgIpc) is 3.27. The number of carboxylic acids is 1. The Kier molecular flexibility index (Phi) is 6.24. The van der Waals surface area contributed by atoms with Crippen LogP contribution in [0.1, 0.15) is 49.3 Å². The van der Waals surface area contributed by atoms with Gasteiger partial charge in [0.2, 0.25) is 0 Å². The predicted molar refractivity (Wildman–Crippen MR) is 120 cm³/mol. The molecule has 0 saturated carbocycles. The number of hydrogen-bond donors (Lipinski definition) is 0. The first-order chi connectivity index (χ1) is 14.0. The number of carboxylic acid groups (broad SMARTS) is 1. The summed E-state index contributed by atoms with van der Waals surface area (Å²) in [5, 5.41) is 12.6. The highest BCUT2D eigenvalue weighted by Crippen LogP contribution is 2.37. The normalized spacial score (nSPS) is 13.7. The summed E-state index contributed by atoms with van der Waals surface area (Å²) >= 11 is 0. The Balaban J connectivity index is 1.82. The van der Waals surface area contributed by atoms with Crippen LogP contribution in [0.15, 0.2) is 43.0 Å². The summed E-state index contributed by atoms with van der Waals surface area (Å²) in [6.07, 6.45) is 6.10. The Morgan fingerprint density at radius 2 is 1.93 bits per heavy atom. The van der Waals surface area contributed by atoms with Gasteiger partial charge in [0.05, 0.1) is 24.9 Å². The van der Waals surface area contributed by atoms with Crippen LogP contribution in [0, 0.1) is 6.92 Å². The van der Waals surface area contributed by atoms with E-state index < -0.39 is 14.3 Å². The highest BCUT2D eigenvalue weighted by Gasteiger charge is 2.37. The molecule has 2 aromatic heterocycles. The molecule has 0 radical (unpaired) electrons. The van der Waals surface area contributed by atoms with Gasteiger partial charge in [0.15, 0.2) is 8.32 Å². The van der Waals surface area contributed by atoms with Gasteiger partial charge in [0, 0.05) is 29.8 Å². The third kappa shape index (κ3) is 4.68. The monoisotopic (exact) mass is 426 g/mol. The highest BCUT2D eigenvalue weighted by molar-refractivity contribution is 6.74. The summed E-state index contributed by atoms with van der Waals surface area (Å²) < 4.78 is 10.6. The van der Waals surface area contributed by atoms with Gasteiger partial charge in [-0.1, -0.05) is 39.0 Å². The quantitative estimate of drug-likeness (QED) is 0.507. The largest absolute Gasteiger partial charge is 0.543 e. The summed E-state index contributed by atoms with van der Waals surface area (Å²) in [6.45, 7) is 14.6. The molecule has 3 aromatic rings. The maximum atomic E-state index is 11.2. The number of carbonyl (C=O) groups is 1. The smallest absolute Gasteiger partial charge is 0.192 e. The van der Waals surface area contributed by atoms with Crippen molar-refractivity contribution in [2.75, 3.05) is 6.61 Å². The van der Waals surface area contributed by atoms with Gasteiger partial charge in [-0.05, 0) is 43.1 Å². The number of rotatable bonds is 8. The SMILES string of the molecule is Cc1cn(CC[C@H](CO[Si](C)(C)C(C)(C)C)n2cnc(C(=O)[O-])c2)c2ccccc12. The molecule has 7 heteroatoms. The van der Waals surface area contributed by atoms with Gasteiger partial charge in [-0.2, -0.15) is 0 Å². The number of imidazole rings is 1. The molecule has 6 nitrogen and oxygen atoms in total. The lowest BCUT2D eigenvalue weighted by Crippen LogP contribution is -2.42. The molecule has 30 heavy (non-hydrogen) atoms. The summed E-state index contributed by atoms with van der Waals surface area (Å²) in [5.41, 5.74) is 2.41. The van der Waals surface area contributed by atoms with Crippen molar-refractivity contribution in [3.63, 3.8) is 0 Å². The molecule has 0 aliphatic heterocycles. The molecular formula is C23H32N3O3Si-. The molecule has 0 spiro atoms. The highest BCUT2D eigenvalue weighted by atomic mass is 28.4. The van der Waals surface area contributed by atoms with Crippen LogP contribution in [0.25, 0.3) is 10.9 Å². The number of aromatic carboxylic acids is 1. The summed E-state index contributed by atoms with van der Waals surface area (Å²) in [4.78, 5) is 15.2. The van der Waals surface area contributed by atoms with Gasteiger partial charge < -0.3 is 23.5 Å². The van der Waals surface area contributed by atoms with E-state index in [-0.39, 0.29) is 16.8 Å². The zero-order valence-corrected chi connectivity index (χ0v) is 19.8. The third-order valence-corrected chi connectivity index (χ3v) is 10.9. The van der Waals surface area contributed by atoms with Crippen molar-refractivity contribution in [1.29, 1.82) is 0 Å². The molecule has 0 saturated heterocycles. The van der Waals surface area contributed by atoms with E-state index in [0.717, 1.165) is 13.0 Å². The Labute approximate surface area is 179 Å². The molecule has 0 aliphatic rings. The van der Waals surface area contributed by atoms with Gasteiger partial charge in [-0.15, -0.1) is 0 Å². The fraction of sp³-hybridized carbons (Fsp3) is 0.478. The van der Waals surface area contributed by atoms with Crippen molar-refractivity contribution in [3.8, 4) is 0 Å². The zero-order chi connectivity index (χ0) is 22.1. The molecule has 0 bridgehead atoms. The number of hydrogen-bond acceptors (Lipinski definition) is 4. The van der Waals surface area contributed by atoms with Gasteiger partial charge in [-0.25, -0.2) is 4.98 Å². The first-order valence-electron chi connectivity index (χ1n) is 10.4. The second-order valence-corrected chi connectivity index (χ2v) is 14.3. The number of aryl methyl sites for hydroxylation is 2. The van der Waals surface area contributed by atoms with Gasteiger partial charge in [0.1, 0.15) is 5.69 Å². The van der Waals surface area contributed by atoms with E-state index >= 15 is 0 Å². The number of nitrogens with zero attached hydrogens (tertiary/aromatic N) is 3. The van der Waals surface area contributed by atoms with Crippen molar-refractivity contribution < 1.29 is 14.3 Å². The summed E-state index contributed by atoms with van der Waals surface area (Å²) in [6, 6.07) is 8.37. The molecule has 0 N–H and O–H groups in total. The van der Waals surface area contributed by atoms with Crippen LogP contribution < -0.4 is 5.11 Å². The molecular weight excluding hydrogens is 394 g/mol. The van der Waals surface area contributed by atoms with Crippen LogP contribution in [0.5, 0.6) is 0 Å². The van der Waals surface area contributed by atoms with Crippen LogP contribution in [0.2, 0.25) is 18.1 Å². The summed E-state index contributed by atoms with van der Waals surface area (Å²) in [5.74, 6) is -1.26. The van der Waals surface area contributed by atoms with Crippen molar-refractivity contribution in [2.45, 2.75) is 64.8 Å². The Hall–Kier alpha value is -2.38. The van der Waals surface area contributed by atoms with E-state index in [1.165, 1.54) is 16.5 Å². The molecule has 0 fully saturated rings. The first-order valence-corrected chi connectivity index (χ1v) is 13.3. The molecule has 162 valence electrons. The van der Waals surface area contributed by atoms with Crippen LogP contribution in [-0.2, 0) is 11.0 Å². The number of aromatic nitrogens is 3. The Morgan fingerprint density at radius 3 is 2.57 bits per heavy atom. The lowest BCUT2D eigenvalue weighted by molar-refractivity contribution is -0.255. The molecule has 2 heterocycles. The van der Waals surface area contributed by atoms with E-state index in [9.17, 15) is 9.90 Å².